The predicted octanol–water partition coefficient (Wildman–Crippen LogP) is 2.82. The third kappa shape index (κ3) is 3.87. The molecule has 0 fully saturated rings. The van der Waals surface area contributed by atoms with Crippen molar-refractivity contribution in [3.05, 3.63) is 64.0 Å². The highest BCUT2D eigenvalue weighted by atomic mass is 32.2. The summed E-state index contributed by atoms with van der Waals surface area (Å²) in [6, 6.07) is 8.99. The molecular formula is C15H16FN3O4S. The number of sulfonamides is 1. The first kappa shape index (κ1) is 17.8. The topological polar surface area (TPSA) is 101 Å². The molecule has 0 saturated heterocycles. The number of rotatable bonds is 6. The molecule has 0 aliphatic rings. The monoisotopic (exact) mass is 353 g/mol. The lowest BCUT2D eigenvalue weighted by molar-refractivity contribution is -0.384. The number of halogens is 1. The third-order valence-corrected chi connectivity index (χ3v) is 4.88. The van der Waals surface area contributed by atoms with Crippen LogP contribution in [0.1, 0.15) is 18.5 Å². The van der Waals surface area contributed by atoms with Crippen LogP contribution in [0, 0.1) is 15.9 Å². The molecule has 0 heterocycles. The summed E-state index contributed by atoms with van der Waals surface area (Å²) in [4.78, 5) is 10.4. The molecule has 9 heteroatoms. The second kappa shape index (κ2) is 6.93. The second-order valence-corrected chi connectivity index (χ2v) is 6.95. The van der Waals surface area contributed by atoms with E-state index in [2.05, 4.69) is 10.0 Å². The van der Waals surface area contributed by atoms with Crippen molar-refractivity contribution >= 4 is 21.4 Å². The maximum Gasteiger partial charge on any atom is 0.295 e. The predicted molar refractivity (Wildman–Crippen MR) is 87.8 cm³/mol. The molecule has 0 bridgehead atoms. The molecule has 0 saturated carbocycles. The van der Waals surface area contributed by atoms with Gasteiger partial charge >= 0.3 is 0 Å². The Morgan fingerprint density at radius 2 is 1.92 bits per heavy atom. The summed E-state index contributed by atoms with van der Waals surface area (Å²) >= 11 is 0. The van der Waals surface area contributed by atoms with Gasteiger partial charge in [0, 0.05) is 6.04 Å². The maximum atomic E-state index is 13.2. The van der Waals surface area contributed by atoms with Gasteiger partial charge < -0.3 is 5.32 Å². The lowest BCUT2D eigenvalue weighted by atomic mass is 10.1. The van der Waals surface area contributed by atoms with E-state index in [-0.39, 0.29) is 16.3 Å². The number of anilines is 1. The summed E-state index contributed by atoms with van der Waals surface area (Å²) in [5, 5.41) is 13.9. The fraction of sp³-hybridized carbons (Fsp3) is 0.200. The minimum absolute atomic E-state index is 0.0877. The highest BCUT2D eigenvalue weighted by Gasteiger charge is 2.18. The average molecular weight is 353 g/mol. The molecule has 0 aliphatic heterocycles. The minimum atomic E-state index is -3.59. The Balaban J connectivity index is 2.33. The van der Waals surface area contributed by atoms with Crippen LogP contribution in [0.25, 0.3) is 0 Å². The molecule has 24 heavy (non-hydrogen) atoms. The Labute approximate surface area is 138 Å². The molecule has 0 radical (unpaired) electrons. The van der Waals surface area contributed by atoms with Gasteiger partial charge in [-0.1, -0.05) is 12.1 Å². The number of hydrogen-bond acceptors (Lipinski definition) is 5. The number of nitro benzene ring substituents is 1. The second-order valence-electron chi connectivity index (χ2n) is 5.06. The minimum Gasteiger partial charge on any atom is -0.373 e. The van der Waals surface area contributed by atoms with E-state index in [0.29, 0.717) is 5.56 Å². The van der Waals surface area contributed by atoms with Crippen molar-refractivity contribution in [2.75, 3.05) is 12.4 Å². The lowest BCUT2D eigenvalue weighted by Crippen LogP contribution is -2.19. The summed E-state index contributed by atoms with van der Waals surface area (Å²) in [6.45, 7) is 1.72. The van der Waals surface area contributed by atoms with Crippen molar-refractivity contribution in [1.29, 1.82) is 0 Å². The Morgan fingerprint density at radius 1 is 1.21 bits per heavy atom. The molecule has 1 atom stereocenters. The van der Waals surface area contributed by atoms with Gasteiger partial charge in [0.1, 0.15) is 11.5 Å². The highest BCUT2D eigenvalue weighted by Crippen LogP contribution is 2.29. The van der Waals surface area contributed by atoms with E-state index in [9.17, 15) is 22.9 Å². The van der Waals surface area contributed by atoms with Gasteiger partial charge in [0.25, 0.3) is 5.69 Å². The Hall–Kier alpha value is -2.52. The van der Waals surface area contributed by atoms with Crippen LogP contribution in [0.15, 0.2) is 47.4 Å². The maximum absolute atomic E-state index is 13.2. The van der Waals surface area contributed by atoms with Crippen LogP contribution < -0.4 is 10.0 Å². The first-order valence-corrected chi connectivity index (χ1v) is 8.47. The van der Waals surface area contributed by atoms with Crippen LogP contribution in [0.2, 0.25) is 0 Å². The van der Waals surface area contributed by atoms with E-state index < -0.39 is 26.8 Å². The van der Waals surface area contributed by atoms with Gasteiger partial charge in [-0.3, -0.25) is 10.1 Å². The van der Waals surface area contributed by atoms with Crippen LogP contribution >= 0.6 is 0 Å². The average Bonchev–Trinajstić information content (AvgIpc) is 2.56. The van der Waals surface area contributed by atoms with Crippen LogP contribution in [-0.2, 0) is 10.0 Å². The van der Waals surface area contributed by atoms with Crippen LogP contribution in [0.5, 0.6) is 0 Å². The molecule has 7 nitrogen and oxygen atoms in total. The number of nitrogens with zero attached hydrogens (tertiary/aromatic N) is 1. The van der Waals surface area contributed by atoms with Gasteiger partial charge in [-0.15, -0.1) is 0 Å². The fourth-order valence-electron chi connectivity index (χ4n) is 2.16. The largest absolute Gasteiger partial charge is 0.373 e. The zero-order valence-electron chi connectivity index (χ0n) is 13.0. The molecule has 1 unspecified atom stereocenters. The van der Waals surface area contributed by atoms with E-state index in [4.69, 9.17) is 0 Å². The first-order chi connectivity index (χ1) is 11.2. The summed E-state index contributed by atoms with van der Waals surface area (Å²) in [7, 11) is -2.28. The van der Waals surface area contributed by atoms with Crippen molar-refractivity contribution in [2.45, 2.75) is 17.9 Å². The molecule has 0 spiro atoms. The van der Waals surface area contributed by atoms with E-state index in [1.54, 1.807) is 19.1 Å². The fourth-order valence-corrected chi connectivity index (χ4v) is 2.95. The number of benzene rings is 2. The van der Waals surface area contributed by atoms with E-state index >= 15 is 0 Å². The van der Waals surface area contributed by atoms with Crippen molar-refractivity contribution < 1.29 is 17.7 Å². The van der Waals surface area contributed by atoms with Crippen LogP contribution in [-0.4, -0.2) is 20.4 Å². The van der Waals surface area contributed by atoms with E-state index in [1.165, 1.54) is 25.2 Å². The molecule has 0 aliphatic carbocycles. The van der Waals surface area contributed by atoms with Gasteiger partial charge in [0.2, 0.25) is 10.0 Å². The molecule has 0 aromatic heterocycles. The standard InChI is InChI=1S/C15H16FN3O4S/c1-10(11-4-3-5-13(8-11)24(22,23)17-2)18-14-7-6-12(16)9-15(14)19(20)21/h3-10,17-18H,1-2H3. The first-order valence-electron chi connectivity index (χ1n) is 6.98. The lowest BCUT2D eigenvalue weighted by Gasteiger charge is -2.16. The summed E-state index contributed by atoms with van der Waals surface area (Å²) in [5.41, 5.74) is 0.376. The van der Waals surface area contributed by atoms with Gasteiger partial charge in [0.05, 0.1) is 15.9 Å². The normalized spacial score (nSPS) is 12.6. The van der Waals surface area contributed by atoms with Gasteiger partial charge in [-0.25, -0.2) is 17.5 Å². The SMILES string of the molecule is CNS(=O)(=O)c1cccc(C(C)Nc2ccc(F)cc2[N+](=O)[O-])c1. The van der Waals surface area contributed by atoms with E-state index in [0.717, 1.165) is 12.1 Å². The molecule has 2 aromatic rings. The van der Waals surface area contributed by atoms with Gasteiger partial charge in [-0.2, -0.15) is 0 Å². The Kier molecular flexibility index (Phi) is 5.15. The smallest absolute Gasteiger partial charge is 0.295 e. The van der Waals surface area contributed by atoms with Crippen LogP contribution in [0.4, 0.5) is 15.8 Å². The zero-order chi connectivity index (χ0) is 17.9. The highest BCUT2D eigenvalue weighted by molar-refractivity contribution is 7.89. The molecule has 2 rings (SSSR count). The quantitative estimate of drug-likeness (QED) is 0.614. The Morgan fingerprint density at radius 3 is 2.54 bits per heavy atom. The van der Waals surface area contributed by atoms with Crippen molar-refractivity contribution in [2.24, 2.45) is 0 Å². The third-order valence-electron chi connectivity index (χ3n) is 3.47. The summed E-state index contributed by atoms with van der Waals surface area (Å²) in [5.74, 6) is -0.706. The number of nitro groups is 1. The Bertz CT molecular complexity index is 871. The van der Waals surface area contributed by atoms with E-state index in [1.807, 2.05) is 0 Å². The van der Waals surface area contributed by atoms with Gasteiger partial charge in [-0.05, 0) is 43.8 Å². The van der Waals surface area contributed by atoms with Crippen LogP contribution in [0.3, 0.4) is 0 Å². The molecule has 2 N–H and O–H groups in total. The van der Waals surface area contributed by atoms with Crippen molar-refractivity contribution in [3.63, 3.8) is 0 Å². The molecule has 0 amide bonds. The number of nitrogens with one attached hydrogen (secondary N) is 2. The number of hydrogen-bond donors (Lipinski definition) is 2. The molecule has 128 valence electrons. The van der Waals surface area contributed by atoms with Gasteiger partial charge in [0.15, 0.2) is 0 Å². The molecular weight excluding hydrogens is 337 g/mol. The zero-order valence-corrected chi connectivity index (χ0v) is 13.8. The molecule has 2 aromatic carbocycles. The van der Waals surface area contributed by atoms with Crippen molar-refractivity contribution in [3.8, 4) is 0 Å². The summed E-state index contributed by atoms with van der Waals surface area (Å²) < 4.78 is 39.1. The van der Waals surface area contributed by atoms with Crippen molar-refractivity contribution in [1.82, 2.24) is 4.72 Å². The summed E-state index contributed by atoms with van der Waals surface area (Å²) in [6.07, 6.45) is 0.